The molecule has 1 saturated heterocycles. The quantitative estimate of drug-likeness (QED) is 0.728. The first-order valence-corrected chi connectivity index (χ1v) is 7.64. The lowest BCUT2D eigenvalue weighted by molar-refractivity contribution is -0.125. The van der Waals surface area contributed by atoms with E-state index in [2.05, 4.69) is 24.5 Å². The highest BCUT2D eigenvalue weighted by Gasteiger charge is 2.37. The summed E-state index contributed by atoms with van der Waals surface area (Å²) in [5.41, 5.74) is -0.360. The van der Waals surface area contributed by atoms with Crippen molar-refractivity contribution in [1.82, 2.24) is 10.6 Å². The minimum atomic E-state index is -0.695. The van der Waals surface area contributed by atoms with E-state index >= 15 is 0 Å². The third-order valence-corrected chi connectivity index (χ3v) is 4.75. The number of hydrogen-bond donors (Lipinski definition) is 3. The van der Waals surface area contributed by atoms with Crippen LogP contribution in [0.1, 0.15) is 58.8 Å². The normalized spacial score (nSPS) is 29.7. The highest BCUT2D eigenvalue weighted by atomic mass is 16.3. The van der Waals surface area contributed by atoms with E-state index in [1.165, 1.54) is 0 Å². The molecule has 0 spiro atoms. The number of amides is 1. The number of hydrogen-bond acceptors (Lipinski definition) is 3. The lowest BCUT2D eigenvalue weighted by Gasteiger charge is -2.40. The van der Waals surface area contributed by atoms with Gasteiger partial charge in [0.1, 0.15) is 0 Å². The van der Waals surface area contributed by atoms with Crippen LogP contribution in [-0.2, 0) is 4.79 Å². The second-order valence-corrected chi connectivity index (χ2v) is 7.11. The Hall–Kier alpha value is -0.610. The second kappa shape index (κ2) is 5.80. The largest absolute Gasteiger partial charge is 0.388 e. The maximum Gasteiger partial charge on any atom is 0.237 e. The van der Waals surface area contributed by atoms with Crippen molar-refractivity contribution in [3.05, 3.63) is 0 Å². The summed E-state index contributed by atoms with van der Waals surface area (Å²) in [5.74, 6) is 0.0537. The topological polar surface area (TPSA) is 61.4 Å². The molecule has 1 aliphatic carbocycles. The van der Waals surface area contributed by atoms with Crippen molar-refractivity contribution >= 4 is 5.91 Å². The Balaban J connectivity index is 1.76. The van der Waals surface area contributed by atoms with Crippen LogP contribution in [0, 0.1) is 5.41 Å². The number of aliphatic hydroxyl groups is 1. The van der Waals surface area contributed by atoms with Crippen LogP contribution in [0.25, 0.3) is 0 Å². The number of carbonyl (C=O) groups is 1. The highest BCUT2D eigenvalue weighted by Crippen LogP contribution is 2.39. The molecule has 110 valence electrons. The van der Waals surface area contributed by atoms with Gasteiger partial charge in [-0.15, -0.1) is 0 Å². The van der Waals surface area contributed by atoms with E-state index in [0.717, 1.165) is 51.5 Å². The second-order valence-electron chi connectivity index (χ2n) is 7.11. The van der Waals surface area contributed by atoms with E-state index in [1.54, 1.807) is 0 Å². The summed E-state index contributed by atoms with van der Waals surface area (Å²) in [6, 6.07) is -0.0580. The maximum atomic E-state index is 12.0. The third-order valence-electron chi connectivity index (χ3n) is 4.75. The summed E-state index contributed by atoms with van der Waals surface area (Å²) >= 11 is 0. The zero-order valence-corrected chi connectivity index (χ0v) is 12.3. The molecule has 0 aromatic rings. The van der Waals surface area contributed by atoms with Crippen molar-refractivity contribution in [3.8, 4) is 0 Å². The number of carbonyl (C=O) groups excluding carboxylic acids is 1. The molecule has 3 N–H and O–H groups in total. The van der Waals surface area contributed by atoms with Gasteiger partial charge in [-0.3, -0.25) is 4.79 Å². The van der Waals surface area contributed by atoms with Gasteiger partial charge in [0.05, 0.1) is 11.6 Å². The monoisotopic (exact) mass is 268 g/mol. The van der Waals surface area contributed by atoms with Crippen LogP contribution in [-0.4, -0.2) is 35.7 Å². The van der Waals surface area contributed by atoms with Crippen molar-refractivity contribution in [2.24, 2.45) is 5.41 Å². The van der Waals surface area contributed by atoms with E-state index < -0.39 is 5.60 Å². The van der Waals surface area contributed by atoms with Crippen LogP contribution in [0.15, 0.2) is 0 Å². The summed E-state index contributed by atoms with van der Waals surface area (Å²) in [6.07, 6.45) is 6.82. The fourth-order valence-electron chi connectivity index (χ4n) is 3.02. The summed E-state index contributed by atoms with van der Waals surface area (Å²) in [5, 5.41) is 16.7. The number of nitrogens with one attached hydrogen (secondary N) is 2. The van der Waals surface area contributed by atoms with Gasteiger partial charge in [0.15, 0.2) is 0 Å². The molecule has 2 rings (SSSR count). The van der Waals surface area contributed by atoms with Crippen LogP contribution in [0.5, 0.6) is 0 Å². The van der Waals surface area contributed by atoms with Gasteiger partial charge < -0.3 is 15.7 Å². The molecule has 4 nitrogen and oxygen atoms in total. The van der Waals surface area contributed by atoms with Crippen LogP contribution in [0.4, 0.5) is 0 Å². The van der Waals surface area contributed by atoms with Gasteiger partial charge in [0, 0.05) is 6.54 Å². The van der Waals surface area contributed by atoms with Gasteiger partial charge in [-0.1, -0.05) is 20.3 Å². The van der Waals surface area contributed by atoms with E-state index in [0.29, 0.717) is 12.0 Å². The van der Waals surface area contributed by atoms with Gasteiger partial charge in [0.25, 0.3) is 0 Å². The Morgan fingerprint density at radius 3 is 2.53 bits per heavy atom. The Kier molecular flexibility index (Phi) is 4.51. The molecule has 1 saturated carbocycles. The zero-order valence-electron chi connectivity index (χ0n) is 12.3. The average Bonchev–Trinajstić information content (AvgIpc) is 2.41. The first-order chi connectivity index (χ1) is 8.90. The standard InChI is InChI=1S/C15H28N2O2/c1-14(2)6-8-15(19,9-7-14)11-17-13(18)12-5-3-4-10-16-12/h12,16,19H,3-11H2,1-2H3,(H,17,18)/t12-/m0/s1. The molecule has 4 heteroatoms. The van der Waals surface area contributed by atoms with Crippen molar-refractivity contribution in [3.63, 3.8) is 0 Å². The fraction of sp³-hybridized carbons (Fsp3) is 0.933. The number of rotatable bonds is 3. The van der Waals surface area contributed by atoms with Crippen molar-refractivity contribution in [2.75, 3.05) is 13.1 Å². The smallest absolute Gasteiger partial charge is 0.237 e. The molecule has 2 aliphatic rings. The van der Waals surface area contributed by atoms with Crippen molar-refractivity contribution < 1.29 is 9.90 Å². The van der Waals surface area contributed by atoms with Crippen molar-refractivity contribution in [1.29, 1.82) is 0 Å². The van der Waals surface area contributed by atoms with Gasteiger partial charge in [0.2, 0.25) is 5.91 Å². The van der Waals surface area contributed by atoms with Gasteiger partial charge in [-0.2, -0.15) is 0 Å². The molecule has 2 fully saturated rings. The summed E-state index contributed by atoms with van der Waals surface area (Å²) in [6.45, 7) is 5.82. The molecular weight excluding hydrogens is 240 g/mol. The lowest BCUT2D eigenvalue weighted by atomic mass is 9.71. The molecular formula is C15H28N2O2. The lowest BCUT2D eigenvalue weighted by Crippen LogP contribution is -2.52. The Morgan fingerprint density at radius 1 is 1.26 bits per heavy atom. The summed E-state index contributed by atoms with van der Waals surface area (Å²) in [7, 11) is 0. The Bertz CT molecular complexity index is 312. The highest BCUT2D eigenvalue weighted by molar-refractivity contribution is 5.81. The van der Waals surface area contributed by atoms with Crippen LogP contribution in [0.3, 0.4) is 0 Å². The number of piperidine rings is 1. The van der Waals surface area contributed by atoms with Gasteiger partial charge in [-0.05, 0) is 50.5 Å². The first-order valence-electron chi connectivity index (χ1n) is 7.64. The molecule has 0 aromatic heterocycles. The summed E-state index contributed by atoms with van der Waals surface area (Å²) in [4.78, 5) is 12.0. The third kappa shape index (κ3) is 4.18. The van der Waals surface area contributed by atoms with E-state index in [-0.39, 0.29) is 11.9 Å². The fourth-order valence-corrected chi connectivity index (χ4v) is 3.02. The molecule has 1 heterocycles. The summed E-state index contributed by atoms with van der Waals surface area (Å²) < 4.78 is 0. The SMILES string of the molecule is CC1(C)CCC(O)(CNC(=O)[C@@H]2CCCCN2)CC1. The predicted octanol–water partition coefficient (Wildman–Crippen LogP) is 1.58. The van der Waals surface area contributed by atoms with Crippen LogP contribution in [0.2, 0.25) is 0 Å². The van der Waals surface area contributed by atoms with Crippen molar-refractivity contribution in [2.45, 2.75) is 70.4 Å². The molecule has 0 aromatic carbocycles. The van der Waals surface area contributed by atoms with Crippen LogP contribution >= 0.6 is 0 Å². The first kappa shape index (κ1) is 14.8. The van der Waals surface area contributed by atoms with Gasteiger partial charge >= 0.3 is 0 Å². The Morgan fingerprint density at radius 2 is 1.95 bits per heavy atom. The van der Waals surface area contributed by atoms with E-state index in [9.17, 15) is 9.90 Å². The molecule has 19 heavy (non-hydrogen) atoms. The maximum absolute atomic E-state index is 12.0. The molecule has 0 unspecified atom stereocenters. The predicted molar refractivity (Wildman–Crippen MR) is 75.9 cm³/mol. The molecule has 0 radical (unpaired) electrons. The Labute approximate surface area is 116 Å². The van der Waals surface area contributed by atoms with E-state index in [1.807, 2.05) is 0 Å². The molecule has 1 atom stereocenters. The van der Waals surface area contributed by atoms with E-state index in [4.69, 9.17) is 0 Å². The zero-order chi connectivity index (χ0) is 13.9. The minimum absolute atomic E-state index is 0.0537. The molecule has 1 amide bonds. The van der Waals surface area contributed by atoms with Gasteiger partial charge in [-0.25, -0.2) is 0 Å². The average molecular weight is 268 g/mol. The van der Waals surface area contributed by atoms with Crippen LogP contribution < -0.4 is 10.6 Å². The minimum Gasteiger partial charge on any atom is -0.388 e. The molecule has 1 aliphatic heterocycles. The molecule has 0 bridgehead atoms.